The lowest BCUT2D eigenvalue weighted by Crippen LogP contribution is -1.94. The minimum absolute atomic E-state index is 0.811. The molecular formula is C15H14Cl2. The lowest BCUT2D eigenvalue weighted by Gasteiger charge is -2.10. The second-order valence-corrected chi connectivity index (χ2v) is 4.90. The maximum atomic E-state index is 6.31. The Balaban J connectivity index is 2.22. The predicted molar refractivity (Wildman–Crippen MR) is 75.5 cm³/mol. The zero-order valence-electron chi connectivity index (χ0n) is 9.50. The second kappa shape index (κ2) is 6.09. The molecule has 0 saturated carbocycles. The zero-order chi connectivity index (χ0) is 12.1. The molecule has 17 heavy (non-hydrogen) atoms. The Morgan fingerprint density at radius 1 is 0.941 bits per heavy atom. The first kappa shape index (κ1) is 12.5. The van der Waals surface area contributed by atoms with Crippen LogP contribution in [0.5, 0.6) is 0 Å². The van der Waals surface area contributed by atoms with Gasteiger partial charge >= 0.3 is 0 Å². The third-order valence-electron chi connectivity index (χ3n) is 2.79. The lowest BCUT2D eigenvalue weighted by molar-refractivity contribution is 1.03. The molecule has 0 unspecified atom stereocenters. The van der Waals surface area contributed by atoms with Crippen molar-refractivity contribution in [2.75, 3.05) is 0 Å². The molecule has 0 heterocycles. The summed E-state index contributed by atoms with van der Waals surface area (Å²) in [5.74, 6) is 0. The summed E-state index contributed by atoms with van der Waals surface area (Å²) in [6.45, 7) is 0. The summed E-state index contributed by atoms with van der Waals surface area (Å²) in [4.78, 5) is 0. The van der Waals surface area contributed by atoms with Crippen molar-refractivity contribution in [1.29, 1.82) is 0 Å². The molecule has 0 radical (unpaired) electrons. The van der Waals surface area contributed by atoms with E-state index in [1.54, 1.807) is 0 Å². The van der Waals surface area contributed by atoms with E-state index in [9.17, 15) is 0 Å². The maximum absolute atomic E-state index is 6.31. The minimum atomic E-state index is 0.811. The summed E-state index contributed by atoms with van der Waals surface area (Å²) >= 11 is 12.5. The van der Waals surface area contributed by atoms with Crippen LogP contribution in [0.4, 0.5) is 0 Å². The van der Waals surface area contributed by atoms with Gasteiger partial charge in [0.05, 0.1) is 0 Å². The summed E-state index contributed by atoms with van der Waals surface area (Å²) < 4.78 is 0. The van der Waals surface area contributed by atoms with E-state index in [2.05, 4.69) is 24.3 Å². The first-order valence-electron chi connectivity index (χ1n) is 5.69. The van der Waals surface area contributed by atoms with E-state index >= 15 is 0 Å². The number of hydrogen-bond donors (Lipinski definition) is 0. The van der Waals surface area contributed by atoms with Crippen LogP contribution < -0.4 is 0 Å². The van der Waals surface area contributed by atoms with Gasteiger partial charge in [-0.25, -0.2) is 0 Å². The Bertz CT molecular complexity index is 481. The van der Waals surface area contributed by atoms with Crippen LogP contribution in [0.1, 0.15) is 18.4 Å². The van der Waals surface area contributed by atoms with Crippen LogP contribution in [0.3, 0.4) is 0 Å². The van der Waals surface area contributed by atoms with E-state index in [0.717, 1.165) is 34.9 Å². The third kappa shape index (κ3) is 3.49. The summed E-state index contributed by atoms with van der Waals surface area (Å²) in [6, 6.07) is 7.93. The van der Waals surface area contributed by atoms with Crippen molar-refractivity contribution in [2.45, 2.75) is 19.3 Å². The van der Waals surface area contributed by atoms with Gasteiger partial charge in [0, 0.05) is 16.5 Å². The normalized spacial score (nSPS) is 22.0. The van der Waals surface area contributed by atoms with Crippen LogP contribution in [0.15, 0.2) is 59.2 Å². The number of rotatable bonds is 2. The molecule has 0 saturated heterocycles. The van der Waals surface area contributed by atoms with Gasteiger partial charge in [0.1, 0.15) is 0 Å². The van der Waals surface area contributed by atoms with E-state index in [1.807, 2.05) is 24.3 Å². The van der Waals surface area contributed by atoms with Gasteiger partial charge in [0.2, 0.25) is 0 Å². The topological polar surface area (TPSA) is 0 Å². The van der Waals surface area contributed by atoms with Gasteiger partial charge in [0.25, 0.3) is 0 Å². The van der Waals surface area contributed by atoms with Gasteiger partial charge in [-0.3, -0.25) is 0 Å². The van der Waals surface area contributed by atoms with E-state index < -0.39 is 0 Å². The quantitative estimate of drug-likeness (QED) is 0.682. The average molecular weight is 265 g/mol. The van der Waals surface area contributed by atoms with Gasteiger partial charge in [-0.2, -0.15) is 0 Å². The smallest absolute Gasteiger partial charge is 0.0441 e. The molecule has 0 nitrogen and oxygen atoms in total. The molecule has 0 aliphatic heterocycles. The van der Waals surface area contributed by atoms with Gasteiger partial charge in [-0.05, 0) is 30.0 Å². The van der Waals surface area contributed by atoms with E-state index in [0.29, 0.717) is 0 Å². The van der Waals surface area contributed by atoms with Crippen LogP contribution in [0.25, 0.3) is 0 Å². The Labute approximate surface area is 112 Å². The monoisotopic (exact) mass is 264 g/mol. The van der Waals surface area contributed by atoms with Crippen LogP contribution in [-0.4, -0.2) is 0 Å². The molecule has 88 valence electrons. The van der Waals surface area contributed by atoms with Crippen molar-refractivity contribution >= 4 is 23.2 Å². The van der Waals surface area contributed by atoms with Gasteiger partial charge in [-0.1, -0.05) is 65.7 Å². The zero-order valence-corrected chi connectivity index (χ0v) is 11.0. The average Bonchev–Trinajstić information content (AvgIpc) is 2.31. The molecule has 0 bridgehead atoms. The summed E-state index contributed by atoms with van der Waals surface area (Å²) in [7, 11) is 0. The van der Waals surface area contributed by atoms with Crippen molar-refractivity contribution in [3.63, 3.8) is 0 Å². The maximum Gasteiger partial charge on any atom is 0.0441 e. The highest BCUT2D eigenvalue weighted by Gasteiger charge is 2.07. The fraction of sp³-hybridized carbons (Fsp3) is 0.200. The Morgan fingerprint density at radius 2 is 1.65 bits per heavy atom. The van der Waals surface area contributed by atoms with Crippen molar-refractivity contribution in [3.8, 4) is 0 Å². The molecule has 0 fully saturated rings. The van der Waals surface area contributed by atoms with Crippen molar-refractivity contribution in [2.24, 2.45) is 0 Å². The van der Waals surface area contributed by atoms with Crippen LogP contribution in [-0.2, 0) is 6.42 Å². The van der Waals surface area contributed by atoms with E-state index in [4.69, 9.17) is 23.2 Å². The summed E-state index contributed by atoms with van der Waals surface area (Å²) in [6.07, 6.45) is 10.8. The van der Waals surface area contributed by atoms with Gasteiger partial charge in [0.15, 0.2) is 0 Å². The molecule has 1 aromatic carbocycles. The highest BCUT2D eigenvalue weighted by atomic mass is 35.5. The Kier molecular flexibility index (Phi) is 4.47. The molecule has 2 heteroatoms. The van der Waals surface area contributed by atoms with E-state index in [-0.39, 0.29) is 0 Å². The lowest BCUT2D eigenvalue weighted by atomic mass is 10.00. The predicted octanol–water partition coefficient (Wildman–Crippen LogP) is 5.28. The molecule has 0 amide bonds. The number of allylic oxidation sites excluding steroid dienone is 6. The first-order chi connectivity index (χ1) is 8.27. The summed E-state index contributed by atoms with van der Waals surface area (Å²) in [5, 5.41) is 1.75. The number of hydrogen-bond acceptors (Lipinski definition) is 0. The molecule has 1 aliphatic carbocycles. The van der Waals surface area contributed by atoms with Crippen LogP contribution in [0, 0.1) is 0 Å². The molecule has 1 aliphatic rings. The van der Waals surface area contributed by atoms with Gasteiger partial charge < -0.3 is 0 Å². The van der Waals surface area contributed by atoms with Crippen molar-refractivity contribution < 1.29 is 0 Å². The molecule has 0 aromatic heterocycles. The molecular weight excluding hydrogens is 251 g/mol. The fourth-order valence-corrected chi connectivity index (χ4v) is 2.27. The SMILES string of the molecule is Cl/C1=C(\Cc2ccccc2Cl)C/C=C\C=CC1. The second-order valence-electron chi connectivity index (χ2n) is 4.04. The summed E-state index contributed by atoms with van der Waals surface area (Å²) in [5.41, 5.74) is 2.39. The molecule has 0 N–H and O–H groups in total. The minimum Gasteiger partial charge on any atom is -0.0888 e. The highest BCUT2D eigenvalue weighted by Crippen LogP contribution is 2.26. The molecule has 0 spiro atoms. The fourth-order valence-electron chi connectivity index (χ4n) is 1.83. The Hall–Kier alpha value is -0.980. The van der Waals surface area contributed by atoms with E-state index in [1.165, 1.54) is 5.57 Å². The van der Waals surface area contributed by atoms with Gasteiger partial charge in [-0.15, -0.1) is 0 Å². The largest absolute Gasteiger partial charge is 0.0888 e. The molecule has 2 rings (SSSR count). The first-order valence-corrected chi connectivity index (χ1v) is 6.44. The standard InChI is InChI=1S/C15H14Cl2/c16-14-9-4-2-1-3-7-12(14)11-13-8-5-6-10-15(13)17/h1-6,8,10H,7,9,11H2/b3-1-,4-2?,14-12-. The number of halogens is 2. The van der Waals surface area contributed by atoms with Crippen LogP contribution in [0.2, 0.25) is 5.02 Å². The van der Waals surface area contributed by atoms with Crippen LogP contribution >= 0.6 is 23.2 Å². The molecule has 0 atom stereocenters. The molecule has 1 aromatic rings. The van der Waals surface area contributed by atoms with Crippen molar-refractivity contribution in [3.05, 3.63) is 69.8 Å². The number of benzene rings is 1. The Morgan fingerprint density at radius 3 is 2.41 bits per heavy atom. The third-order valence-corrected chi connectivity index (χ3v) is 3.58. The van der Waals surface area contributed by atoms with Crippen molar-refractivity contribution in [1.82, 2.24) is 0 Å². The highest BCUT2D eigenvalue weighted by molar-refractivity contribution is 6.31.